The molecule has 17 heavy (non-hydrogen) atoms. The number of hydrogen-bond acceptors (Lipinski definition) is 4. The van der Waals surface area contributed by atoms with Crippen molar-refractivity contribution in [1.82, 2.24) is 4.72 Å². The number of aryl methyl sites for hydroxylation is 1. The Labute approximate surface area is 107 Å². The smallest absolute Gasteiger partial charge is 0.214 e. The molecule has 0 aliphatic carbocycles. The maximum atomic E-state index is 11.6. The topological polar surface area (TPSA) is 55.4 Å². The van der Waals surface area contributed by atoms with E-state index in [2.05, 4.69) is 4.72 Å². The number of hydrogen-bond donors (Lipinski definition) is 1. The Morgan fingerprint density at radius 3 is 2.71 bits per heavy atom. The van der Waals surface area contributed by atoms with E-state index in [1.54, 1.807) is 11.3 Å². The van der Waals surface area contributed by atoms with Crippen molar-refractivity contribution in [3.05, 3.63) is 21.9 Å². The summed E-state index contributed by atoms with van der Waals surface area (Å²) in [6.45, 7) is 6.34. The molecule has 0 fully saturated rings. The second-order valence-electron chi connectivity index (χ2n) is 4.09. The van der Waals surface area contributed by atoms with Gasteiger partial charge in [-0.1, -0.05) is 0 Å². The summed E-state index contributed by atoms with van der Waals surface area (Å²) in [6.07, 6.45) is 0.0599. The lowest BCUT2D eigenvalue weighted by Gasteiger charge is -2.09. The van der Waals surface area contributed by atoms with Crippen LogP contribution in [-0.2, 0) is 21.3 Å². The number of nitrogens with one attached hydrogen (secondary N) is 1. The predicted octanol–water partition coefficient (Wildman–Crippen LogP) is 1.90. The maximum Gasteiger partial charge on any atom is 0.214 e. The SMILES string of the molecule is Cc1ccsc1CNS(=O)(=O)CCOC(C)C. The van der Waals surface area contributed by atoms with E-state index in [1.807, 2.05) is 32.2 Å². The molecule has 4 nitrogen and oxygen atoms in total. The van der Waals surface area contributed by atoms with Gasteiger partial charge in [-0.25, -0.2) is 13.1 Å². The summed E-state index contributed by atoms with van der Waals surface area (Å²) >= 11 is 1.56. The summed E-state index contributed by atoms with van der Waals surface area (Å²) in [5.74, 6) is 0.00953. The molecular weight excluding hydrogens is 258 g/mol. The zero-order valence-electron chi connectivity index (χ0n) is 10.4. The molecule has 0 saturated heterocycles. The minimum Gasteiger partial charge on any atom is -0.378 e. The van der Waals surface area contributed by atoms with Crippen molar-refractivity contribution in [2.75, 3.05) is 12.4 Å². The number of thiophene rings is 1. The Kier molecular flexibility index (Phi) is 5.58. The molecule has 98 valence electrons. The fraction of sp³-hybridized carbons (Fsp3) is 0.636. The lowest BCUT2D eigenvalue weighted by molar-refractivity contribution is 0.0911. The zero-order valence-corrected chi connectivity index (χ0v) is 12.0. The average Bonchev–Trinajstić information content (AvgIpc) is 2.60. The van der Waals surface area contributed by atoms with Crippen LogP contribution >= 0.6 is 11.3 Å². The van der Waals surface area contributed by atoms with Crippen molar-refractivity contribution in [2.24, 2.45) is 0 Å². The van der Waals surface area contributed by atoms with Gasteiger partial charge in [0.25, 0.3) is 0 Å². The van der Waals surface area contributed by atoms with E-state index in [-0.39, 0.29) is 18.5 Å². The summed E-state index contributed by atoms with van der Waals surface area (Å²) in [4.78, 5) is 1.05. The van der Waals surface area contributed by atoms with Gasteiger partial charge in [-0.05, 0) is 37.8 Å². The summed E-state index contributed by atoms with van der Waals surface area (Å²) in [7, 11) is -3.24. The van der Waals surface area contributed by atoms with Gasteiger partial charge in [0.1, 0.15) is 0 Å². The number of rotatable bonds is 7. The molecule has 0 aliphatic heterocycles. The van der Waals surface area contributed by atoms with Crippen LogP contribution in [0.5, 0.6) is 0 Å². The second-order valence-corrected chi connectivity index (χ2v) is 7.01. The highest BCUT2D eigenvalue weighted by atomic mass is 32.2. The molecule has 1 rings (SSSR count). The Hall–Kier alpha value is -0.430. The third-order valence-electron chi connectivity index (χ3n) is 2.22. The molecule has 6 heteroatoms. The van der Waals surface area contributed by atoms with Gasteiger partial charge in [0, 0.05) is 11.4 Å². The molecule has 1 heterocycles. The van der Waals surface area contributed by atoms with E-state index >= 15 is 0 Å². The third kappa shape index (κ3) is 5.63. The molecule has 0 saturated carbocycles. The van der Waals surface area contributed by atoms with Crippen LogP contribution in [0.1, 0.15) is 24.3 Å². The van der Waals surface area contributed by atoms with Gasteiger partial charge in [0.05, 0.1) is 18.5 Å². The monoisotopic (exact) mass is 277 g/mol. The zero-order chi connectivity index (χ0) is 12.9. The fourth-order valence-corrected chi connectivity index (χ4v) is 2.99. The van der Waals surface area contributed by atoms with Gasteiger partial charge < -0.3 is 4.74 Å². The van der Waals surface area contributed by atoms with Crippen molar-refractivity contribution in [2.45, 2.75) is 33.4 Å². The first-order valence-electron chi connectivity index (χ1n) is 5.52. The van der Waals surface area contributed by atoms with Crippen LogP contribution in [0.3, 0.4) is 0 Å². The molecule has 1 aromatic heterocycles. The van der Waals surface area contributed by atoms with Crippen LogP contribution in [-0.4, -0.2) is 26.9 Å². The van der Waals surface area contributed by atoms with Gasteiger partial charge in [-0.3, -0.25) is 0 Å². The molecule has 0 amide bonds. The highest BCUT2D eigenvalue weighted by molar-refractivity contribution is 7.89. The summed E-state index contributed by atoms with van der Waals surface area (Å²) in [6, 6.07) is 1.98. The minimum absolute atomic E-state index is 0.00953. The van der Waals surface area contributed by atoms with E-state index in [9.17, 15) is 8.42 Å². The van der Waals surface area contributed by atoms with Crippen LogP contribution in [0.4, 0.5) is 0 Å². The molecule has 0 unspecified atom stereocenters. The van der Waals surface area contributed by atoms with Crippen LogP contribution in [0, 0.1) is 6.92 Å². The summed E-state index contributed by atoms with van der Waals surface area (Å²) in [5, 5.41) is 1.96. The Morgan fingerprint density at radius 1 is 1.47 bits per heavy atom. The Morgan fingerprint density at radius 2 is 2.18 bits per heavy atom. The lowest BCUT2D eigenvalue weighted by atomic mass is 10.3. The van der Waals surface area contributed by atoms with Crippen molar-refractivity contribution in [1.29, 1.82) is 0 Å². The van der Waals surface area contributed by atoms with Crippen LogP contribution in [0.2, 0.25) is 0 Å². The highest BCUT2D eigenvalue weighted by Crippen LogP contribution is 2.15. The van der Waals surface area contributed by atoms with E-state index in [1.165, 1.54) is 0 Å². The van der Waals surface area contributed by atoms with Crippen molar-refractivity contribution >= 4 is 21.4 Å². The predicted molar refractivity (Wildman–Crippen MR) is 70.8 cm³/mol. The molecule has 0 aromatic carbocycles. The first-order valence-corrected chi connectivity index (χ1v) is 8.06. The lowest BCUT2D eigenvalue weighted by Crippen LogP contribution is -2.28. The molecule has 0 bridgehead atoms. The molecule has 0 radical (unpaired) electrons. The van der Waals surface area contributed by atoms with Crippen molar-refractivity contribution in [3.8, 4) is 0 Å². The normalized spacial score (nSPS) is 12.2. The first-order chi connectivity index (χ1) is 7.91. The van der Waals surface area contributed by atoms with E-state index in [0.717, 1.165) is 10.4 Å². The molecule has 1 aromatic rings. The minimum atomic E-state index is -3.24. The average molecular weight is 277 g/mol. The first kappa shape index (κ1) is 14.6. The van der Waals surface area contributed by atoms with Crippen LogP contribution < -0.4 is 4.72 Å². The highest BCUT2D eigenvalue weighted by Gasteiger charge is 2.11. The maximum absolute atomic E-state index is 11.6. The largest absolute Gasteiger partial charge is 0.378 e. The quantitative estimate of drug-likeness (QED) is 0.828. The molecule has 0 spiro atoms. The molecule has 0 atom stereocenters. The van der Waals surface area contributed by atoms with Crippen molar-refractivity contribution < 1.29 is 13.2 Å². The van der Waals surface area contributed by atoms with E-state index in [0.29, 0.717) is 6.54 Å². The molecule has 0 aliphatic rings. The summed E-state index contributed by atoms with van der Waals surface area (Å²) in [5.41, 5.74) is 1.12. The molecule has 1 N–H and O–H groups in total. The Balaban J connectivity index is 2.37. The Bertz CT molecular complexity index is 437. The van der Waals surface area contributed by atoms with Crippen LogP contribution in [0.15, 0.2) is 11.4 Å². The summed E-state index contributed by atoms with van der Waals surface area (Å²) < 4.78 is 31.1. The number of sulfonamides is 1. The fourth-order valence-electron chi connectivity index (χ4n) is 1.23. The van der Waals surface area contributed by atoms with Gasteiger partial charge in [0.2, 0.25) is 10.0 Å². The van der Waals surface area contributed by atoms with Crippen LogP contribution in [0.25, 0.3) is 0 Å². The van der Waals surface area contributed by atoms with Gasteiger partial charge in [0.15, 0.2) is 0 Å². The third-order valence-corrected chi connectivity index (χ3v) is 4.54. The van der Waals surface area contributed by atoms with Crippen molar-refractivity contribution in [3.63, 3.8) is 0 Å². The van der Waals surface area contributed by atoms with Gasteiger partial charge in [-0.2, -0.15) is 0 Å². The van der Waals surface area contributed by atoms with E-state index < -0.39 is 10.0 Å². The van der Waals surface area contributed by atoms with E-state index in [4.69, 9.17) is 4.74 Å². The second kappa shape index (κ2) is 6.49. The standard InChI is InChI=1S/C11H19NO3S2/c1-9(2)15-5-7-17(13,14)12-8-11-10(3)4-6-16-11/h4,6,9,12H,5,7-8H2,1-3H3. The molecular formula is C11H19NO3S2. The number of ether oxygens (including phenoxy) is 1. The van der Waals surface area contributed by atoms with Gasteiger partial charge >= 0.3 is 0 Å². The van der Waals surface area contributed by atoms with Gasteiger partial charge in [-0.15, -0.1) is 11.3 Å².